The lowest BCUT2D eigenvalue weighted by Gasteiger charge is -2.09. The fraction of sp³-hybridized carbons (Fsp3) is 0.381. The molecule has 0 unspecified atom stereocenters. The number of nitro benzene ring substituents is 1. The monoisotopic (exact) mass is 462 g/mol. The molecule has 0 fully saturated rings. The molecular weight excluding hydrogens is 440 g/mol. The van der Waals surface area contributed by atoms with E-state index in [1.807, 2.05) is 0 Å². The largest absolute Gasteiger partial charge is 0.487 e. The van der Waals surface area contributed by atoms with E-state index in [4.69, 9.17) is 14.2 Å². The van der Waals surface area contributed by atoms with Gasteiger partial charge in [0.1, 0.15) is 5.00 Å². The van der Waals surface area contributed by atoms with Crippen molar-refractivity contribution in [3.8, 4) is 5.75 Å². The van der Waals surface area contributed by atoms with Crippen LogP contribution in [0.1, 0.15) is 51.4 Å². The topological polar surface area (TPSA) is 134 Å². The Morgan fingerprint density at radius 1 is 1.12 bits per heavy atom. The van der Waals surface area contributed by atoms with Crippen LogP contribution in [0.2, 0.25) is 0 Å². The summed E-state index contributed by atoms with van der Waals surface area (Å²) in [5.74, 6) is -2.00. The molecule has 0 bridgehead atoms. The van der Waals surface area contributed by atoms with Crippen molar-refractivity contribution >= 4 is 39.9 Å². The number of nitrogens with zero attached hydrogens (tertiary/aromatic N) is 1. The van der Waals surface area contributed by atoms with Gasteiger partial charge < -0.3 is 19.5 Å². The van der Waals surface area contributed by atoms with Crippen LogP contribution in [-0.2, 0) is 27.1 Å². The highest BCUT2D eigenvalue weighted by Crippen LogP contribution is 2.39. The third kappa shape index (κ3) is 5.05. The van der Waals surface area contributed by atoms with Gasteiger partial charge in [0, 0.05) is 10.9 Å². The highest BCUT2D eigenvalue weighted by molar-refractivity contribution is 7.17. The summed E-state index contributed by atoms with van der Waals surface area (Å²) in [6, 6.07) is 3.66. The zero-order valence-corrected chi connectivity index (χ0v) is 18.4. The lowest BCUT2D eigenvalue weighted by Crippen LogP contribution is -2.22. The Morgan fingerprint density at radius 2 is 1.91 bits per heavy atom. The Hall–Kier alpha value is -3.47. The van der Waals surface area contributed by atoms with Gasteiger partial charge in [-0.2, -0.15) is 0 Å². The summed E-state index contributed by atoms with van der Waals surface area (Å²) in [7, 11) is 0. The first-order chi connectivity index (χ1) is 15.3. The molecular formula is C21H22N2O8S. The first-order valence-corrected chi connectivity index (χ1v) is 10.9. The molecule has 1 amide bonds. The maximum atomic E-state index is 12.4. The first kappa shape index (κ1) is 23.2. The molecule has 1 aromatic heterocycles. The van der Waals surface area contributed by atoms with Crippen molar-refractivity contribution in [3.05, 3.63) is 49.9 Å². The summed E-state index contributed by atoms with van der Waals surface area (Å²) in [4.78, 5) is 48.6. The third-order valence-electron chi connectivity index (χ3n) is 4.68. The Labute approximate surface area is 187 Å². The van der Waals surface area contributed by atoms with Gasteiger partial charge in [0.25, 0.3) is 5.91 Å². The van der Waals surface area contributed by atoms with Gasteiger partial charge >= 0.3 is 17.6 Å². The lowest BCUT2D eigenvalue weighted by molar-refractivity contribution is -0.385. The maximum absolute atomic E-state index is 12.4. The van der Waals surface area contributed by atoms with Crippen molar-refractivity contribution in [2.45, 2.75) is 33.1 Å². The number of thiophene rings is 1. The number of anilines is 1. The van der Waals surface area contributed by atoms with Crippen LogP contribution in [0, 0.1) is 10.1 Å². The summed E-state index contributed by atoms with van der Waals surface area (Å²) >= 11 is 1.31. The molecule has 0 spiro atoms. The van der Waals surface area contributed by atoms with Crippen molar-refractivity contribution in [1.29, 1.82) is 0 Å². The Balaban J connectivity index is 1.67. The smallest absolute Gasteiger partial charge is 0.341 e. The number of nitrogens with one attached hydrogen (secondary N) is 1. The molecule has 1 N–H and O–H groups in total. The van der Waals surface area contributed by atoms with E-state index < -0.39 is 29.4 Å². The van der Waals surface area contributed by atoms with Gasteiger partial charge in [-0.25, -0.2) is 9.59 Å². The second-order valence-corrected chi connectivity index (χ2v) is 7.88. The molecule has 1 heterocycles. The highest BCUT2D eigenvalue weighted by atomic mass is 32.1. The maximum Gasteiger partial charge on any atom is 0.341 e. The van der Waals surface area contributed by atoms with E-state index >= 15 is 0 Å². The molecule has 0 aliphatic heterocycles. The standard InChI is InChI=1S/C21H22N2O8S/c1-3-29-15-9-8-12(10-14(15)23(27)28)20(25)31-11-17(24)22-19-18(21(26)30-4-2)13-6-5-7-16(13)32-19/h8-10H,3-7,11H2,1-2H3,(H,22,24). The third-order valence-corrected chi connectivity index (χ3v) is 5.89. The minimum absolute atomic E-state index is 0.0315. The number of fused-ring (bicyclic) bond motifs is 1. The number of aryl methyl sites for hydroxylation is 1. The summed E-state index contributed by atoms with van der Waals surface area (Å²) in [6.45, 7) is 3.20. The molecule has 0 saturated heterocycles. The van der Waals surface area contributed by atoms with Crippen molar-refractivity contribution < 1.29 is 33.5 Å². The predicted octanol–water partition coefficient (Wildman–Crippen LogP) is 3.52. The number of nitro groups is 1. The van der Waals surface area contributed by atoms with Gasteiger partial charge in [-0.05, 0) is 50.8 Å². The summed E-state index contributed by atoms with van der Waals surface area (Å²) in [5, 5.41) is 14.2. The molecule has 0 radical (unpaired) electrons. The van der Waals surface area contributed by atoms with Crippen molar-refractivity contribution in [1.82, 2.24) is 0 Å². The van der Waals surface area contributed by atoms with Crippen LogP contribution in [0.5, 0.6) is 5.75 Å². The zero-order valence-electron chi connectivity index (χ0n) is 17.6. The molecule has 11 heteroatoms. The number of rotatable bonds is 9. The molecule has 2 aromatic rings. The van der Waals surface area contributed by atoms with Crippen molar-refractivity contribution in [2.24, 2.45) is 0 Å². The lowest BCUT2D eigenvalue weighted by atomic mass is 10.1. The predicted molar refractivity (Wildman–Crippen MR) is 115 cm³/mol. The van der Waals surface area contributed by atoms with E-state index in [1.165, 1.54) is 23.5 Å². The number of carbonyl (C=O) groups excluding carboxylic acids is 3. The van der Waals surface area contributed by atoms with Gasteiger partial charge in [-0.15, -0.1) is 11.3 Å². The molecule has 0 saturated carbocycles. The fourth-order valence-corrected chi connectivity index (χ4v) is 4.65. The second kappa shape index (κ2) is 10.2. The van der Waals surface area contributed by atoms with Crippen LogP contribution in [0.15, 0.2) is 18.2 Å². The van der Waals surface area contributed by atoms with E-state index in [-0.39, 0.29) is 30.2 Å². The molecule has 170 valence electrons. The quantitative estimate of drug-likeness (QED) is 0.340. The SMILES string of the molecule is CCOC(=O)c1c(NC(=O)COC(=O)c2ccc(OCC)c([N+](=O)[O-])c2)sc2c1CCC2. The Morgan fingerprint density at radius 3 is 2.59 bits per heavy atom. The number of amides is 1. The van der Waals surface area contributed by atoms with Gasteiger partial charge in [0.05, 0.1) is 29.3 Å². The van der Waals surface area contributed by atoms with Crippen molar-refractivity contribution in [2.75, 3.05) is 25.1 Å². The molecule has 10 nitrogen and oxygen atoms in total. The molecule has 1 aromatic carbocycles. The van der Waals surface area contributed by atoms with Crippen LogP contribution in [-0.4, -0.2) is 42.6 Å². The van der Waals surface area contributed by atoms with Crippen LogP contribution < -0.4 is 10.1 Å². The van der Waals surface area contributed by atoms with E-state index in [9.17, 15) is 24.5 Å². The number of ether oxygens (including phenoxy) is 3. The fourth-order valence-electron chi connectivity index (χ4n) is 3.35. The van der Waals surface area contributed by atoms with Gasteiger partial charge in [0.15, 0.2) is 12.4 Å². The summed E-state index contributed by atoms with van der Waals surface area (Å²) in [5.41, 5.74) is 0.779. The summed E-state index contributed by atoms with van der Waals surface area (Å²) < 4.78 is 15.3. The number of benzene rings is 1. The van der Waals surface area contributed by atoms with Gasteiger partial charge in [-0.3, -0.25) is 14.9 Å². The molecule has 1 aliphatic rings. The van der Waals surface area contributed by atoms with E-state index in [0.717, 1.165) is 35.8 Å². The molecule has 0 atom stereocenters. The zero-order chi connectivity index (χ0) is 23.3. The van der Waals surface area contributed by atoms with Gasteiger partial charge in [0.2, 0.25) is 0 Å². The number of hydrogen-bond acceptors (Lipinski definition) is 9. The number of carbonyl (C=O) groups is 3. The minimum atomic E-state index is -0.898. The normalized spacial score (nSPS) is 12.1. The average molecular weight is 462 g/mol. The first-order valence-electron chi connectivity index (χ1n) is 10.1. The molecule has 3 rings (SSSR count). The highest BCUT2D eigenvalue weighted by Gasteiger charge is 2.28. The number of hydrogen-bond donors (Lipinski definition) is 1. The van der Waals surface area contributed by atoms with Crippen LogP contribution in [0.4, 0.5) is 10.7 Å². The Kier molecular flexibility index (Phi) is 7.41. The average Bonchev–Trinajstić information content (AvgIpc) is 3.33. The number of esters is 2. The molecule has 32 heavy (non-hydrogen) atoms. The van der Waals surface area contributed by atoms with E-state index in [0.29, 0.717) is 10.6 Å². The summed E-state index contributed by atoms with van der Waals surface area (Å²) in [6.07, 6.45) is 2.50. The van der Waals surface area contributed by atoms with E-state index in [1.54, 1.807) is 13.8 Å². The van der Waals surface area contributed by atoms with E-state index in [2.05, 4.69) is 5.32 Å². The van der Waals surface area contributed by atoms with Gasteiger partial charge in [-0.1, -0.05) is 0 Å². The van der Waals surface area contributed by atoms with Crippen molar-refractivity contribution in [3.63, 3.8) is 0 Å². The van der Waals surface area contributed by atoms with Crippen LogP contribution >= 0.6 is 11.3 Å². The molecule has 1 aliphatic carbocycles. The van der Waals surface area contributed by atoms with Crippen LogP contribution in [0.3, 0.4) is 0 Å². The van der Waals surface area contributed by atoms with Crippen LogP contribution in [0.25, 0.3) is 0 Å². The second-order valence-electron chi connectivity index (χ2n) is 6.78. The Bertz CT molecular complexity index is 1060. The minimum Gasteiger partial charge on any atom is -0.487 e.